The van der Waals surface area contributed by atoms with Crippen LogP contribution < -0.4 is 15.6 Å². The minimum Gasteiger partial charge on any atom is -0.489 e. The van der Waals surface area contributed by atoms with Crippen molar-refractivity contribution in [3.8, 4) is 23.1 Å². The second kappa shape index (κ2) is 9.16. The first kappa shape index (κ1) is 20.2. The summed E-state index contributed by atoms with van der Waals surface area (Å²) in [5, 5.41) is 13.1. The van der Waals surface area contributed by atoms with E-state index in [9.17, 15) is 10.1 Å². The maximum atomic E-state index is 12.5. The first-order valence-corrected chi connectivity index (χ1v) is 9.84. The number of aromatic nitrogens is 2. The average Bonchev–Trinajstić information content (AvgIpc) is 2.80. The predicted molar refractivity (Wildman–Crippen MR) is 121 cm³/mol. The largest absolute Gasteiger partial charge is 0.489 e. The number of rotatable bonds is 6. The van der Waals surface area contributed by atoms with Crippen molar-refractivity contribution < 1.29 is 4.74 Å². The molecule has 7 heteroatoms. The molecule has 4 rings (SSSR count). The third-order valence-electron chi connectivity index (χ3n) is 4.49. The SMILES string of the molecule is N#Cc1c(-c2cccc(OCc3ccccc3)c2)nc(Nc2ccc(Cl)cc2)[nH]c1=O. The highest BCUT2D eigenvalue weighted by Crippen LogP contribution is 2.26. The smallest absolute Gasteiger partial charge is 0.270 e. The maximum absolute atomic E-state index is 12.5. The van der Waals surface area contributed by atoms with Crippen molar-refractivity contribution >= 4 is 23.2 Å². The van der Waals surface area contributed by atoms with Gasteiger partial charge in [0.1, 0.15) is 24.0 Å². The maximum Gasteiger partial charge on any atom is 0.270 e. The van der Waals surface area contributed by atoms with Crippen LogP contribution in [0, 0.1) is 11.3 Å². The van der Waals surface area contributed by atoms with E-state index >= 15 is 0 Å². The molecule has 0 aliphatic heterocycles. The zero-order valence-corrected chi connectivity index (χ0v) is 17.1. The molecule has 0 amide bonds. The second-order valence-corrected chi connectivity index (χ2v) is 7.12. The summed E-state index contributed by atoms with van der Waals surface area (Å²) in [4.78, 5) is 19.6. The molecule has 1 heterocycles. The Morgan fingerprint density at radius 1 is 1.03 bits per heavy atom. The fourth-order valence-electron chi connectivity index (χ4n) is 2.99. The number of hydrogen-bond acceptors (Lipinski definition) is 5. The number of benzene rings is 3. The quantitative estimate of drug-likeness (QED) is 0.435. The van der Waals surface area contributed by atoms with Crippen molar-refractivity contribution in [1.82, 2.24) is 9.97 Å². The van der Waals surface area contributed by atoms with Gasteiger partial charge in [-0.05, 0) is 42.0 Å². The van der Waals surface area contributed by atoms with Crippen LogP contribution in [0.5, 0.6) is 5.75 Å². The molecule has 31 heavy (non-hydrogen) atoms. The third kappa shape index (κ3) is 4.92. The number of nitrogens with one attached hydrogen (secondary N) is 2. The Bertz CT molecular complexity index is 1300. The molecule has 0 spiro atoms. The van der Waals surface area contributed by atoms with Crippen LogP contribution in [0.15, 0.2) is 83.7 Å². The van der Waals surface area contributed by atoms with Gasteiger partial charge in [0.05, 0.1) is 5.69 Å². The highest BCUT2D eigenvalue weighted by Gasteiger charge is 2.14. The van der Waals surface area contributed by atoms with Gasteiger partial charge in [-0.1, -0.05) is 54.1 Å². The fourth-order valence-corrected chi connectivity index (χ4v) is 3.12. The van der Waals surface area contributed by atoms with Crippen molar-refractivity contribution in [1.29, 1.82) is 5.26 Å². The summed E-state index contributed by atoms with van der Waals surface area (Å²) in [7, 11) is 0. The Morgan fingerprint density at radius 3 is 2.55 bits per heavy atom. The van der Waals surface area contributed by atoms with Crippen LogP contribution in [-0.2, 0) is 6.61 Å². The zero-order valence-electron chi connectivity index (χ0n) is 16.3. The number of H-pyrrole nitrogens is 1. The van der Waals surface area contributed by atoms with Crippen molar-refractivity contribution in [2.45, 2.75) is 6.61 Å². The third-order valence-corrected chi connectivity index (χ3v) is 4.75. The summed E-state index contributed by atoms with van der Waals surface area (Å²) in [5.74, 6) is 0.830. The van der Waals surface area contributed by atoms with Gasteiger partial charge in [0, 0.05) is 16.3 Å². The minimum atomic E-state index is -0.528. The van der Waals surface area contributed by atoms with E-state index in [1.54, 1.807) is 42.5 Å². The fraction of sp³-hybridized carbons (Fsp3) is 0.0417. The van der Waals surface area contributed by atoms with Gasteiger partial charge >= 0.3 is 0 Å². The Balaban J connectivity index is 1.64. The van der Waals surface area contributed by atoms with Gasteiger partial charge < -0.3 is 10.1 Å². The topological polar surface area (TPSA) is 90.8 Å². The number of nitriles is 1. The van der Waals surface area contributed by atoms with E-state index < -0.39 is 5.56 Å². The van der Waals surface area contributed by atoms with Crippen LogP contribution in [0.1, 0.15) is 11.1 Å². The predicted octanol–water partition coefficient (Wildman–Crippen LogP) is 5.28. The van der Waals surface area contributed by atoms with E-state index in [4.69, 9.17) is 16.3 Å². The van der Waals surface area contributed by atoms with E-state index in [1.807, 2.05) is 42.5 Å². The molecule has 0 unspecified atom stereocenters. The Morgan fingerprint density at radius 2 is 1.81 bits per heavy atom. The number of aromatic amines is 1. The van der Waals surface area contributed by atoms with Gasteiger partial charge in [0.25, 0.3) is 5.56 Å². The molecular weight excluding hydrogens is 412 g/mol. The van der Waals surface area contributed by atoms with Crippen LogP contribution in [0.3, 0.4) is 0 Å². The van der Waals surface area contributed by atoms with Gasteiger partial charge in [-0.2, -0.15) is 5.26 Å². The summed E-state index contributed by atoms with van der Waals surface area (Å²) < 4.78 is 5.87. The minimum absolute atomic E-state index is 0.0677. The van der Waals surface area contributed by atoms with Crippen molar-refractivity contribution in [3.63, 3.8) is 0 Å². The molecule has 4 aromatic rings. The number of hydrogen-bond donors (Lipinski definition) is 2. The lowest BCUT2D eigenvalue weighted by atomic mass is 10.1. The molecule has 0 saturated carbocycles. The van der Waals surface area contributed by atoms with Gasteiger partial charge in [-0.25, -0.2) is 4.98 Å². The molecule has 0 aliphatic rings. The average molecular weight is 429 g/mol. The first-order valence-electron chi connectivity index (χ1n) is 9.46. The van der Waals surface area contributed by atoms with Gasteiger partial charge in [0.2, 0.25) is 5.95 Å². The molecule has 6 nitrogen and oxygen atoms in total. The summed E-state index contributed by atoms with van der Waals surface area (Å²) >= 11 is 5.92. The molecule has 0 atom stereocenters. The van der Waals surface area contributed by atoms with Crippen LogP contribution in [-0.4, -0.2) is 9.97 Å². The summed E-state index contributed by atoms with van der Waals surface area (Å²) in [5.41, 5.74) is 2.01. The van der Waals surface area contributed by atoms with E-state index in [-0.39, 0.29) is 17.2 Å². The Kier molecular flexibility index (Phi) is 5.97. The molecule has 152 valence electrons. The standard InChI is InChI=1S/C24H17ClN4O2/c25-18-9-11-19(12-10-18)27-24-28-22(21(14-26)23(30)29-24)17-7-4-8-20(13-17)31-15-16-5-2-1-3-6-16/h1-13H,15H2,(H2,27,28,29,30). The van der Waals surface area contributed by atoms with Crippen LogP contribution >= 0.6 is 11.6 Å². The van der Waals surface area contributed by atoms with E-state index in [1.165, 1.54) is 0 Å². The van der Waals surface area contributed by atoms with Gasteiger partial charge in [-0.15, -0.1) is 0 Å². The highest BCUT2D eigenvalue weighted by molar-refractivity contribution is 6.30. The zero-order chi connectivity index (χ0) is 21.6. The molecule has 0 saturated heterocycles. The molecule has 1 aromatic heterocycles. The van der Waals surface area contributed by atoms with E-state index in [0.29, 0.717) is 28.6 Å². The molecular formula is C24H17ClN4O2. The monoisotopic (exact) mass is 428 g/mol. The molecule has 0 bridgehead atoms. The summed E-state index contributed by atoms with van der Waals surface area (Å²) in [6.07, 6.45) is 0. The lowest BCUT2D eigenvalue weighted by Gasteiger charge is -2.11. The molecule has 3 aromatic carbocycles. The van der Waals surface area contributed by atoms with Gasteiger partial charge in [-0.3, -0.25) is 9.78 Å². The highest BCUT2D eigenvalue weighted by atomic mass is 35.5. The first-order chi connectivity index (χ1) is 15.1. The van der Waals surface area contributed by atoms with E-state index in [2.05, 4.69) is 15.3 Å². The number of anilines is 2. The van der Waals surface area contributed by atoms with Crippen molar-refractivity contribution in [3.05, 3.63) is 105 Å². The van der Waals surface area contributed by atoms with Crippen LogP contribution in [0.25, 0.3) is 11.3 Å². The van der Waals surface area contributed by atoms with E-state index in [0.717, 1.165) is 5.56 Å². The lowest BCUT2D eigenvalue weighted by molar-refractivity contribution is 0.306. The van der Waals surface area contributed by atoms with Crippen molar-refractivity contribution in [2.75, 3.05) is 5.32 Å². The lowest BCUT2D eigenvalue weighted by Crippen LogP contribution is -2.16. The molecule has 0 aliphatic carbocycles. The molecule has 0 fully saturated rings. The molecule has 0 radical (unpaired) electrons. The Labute approximate surface area is 183 Å². The molecule has 2 N–H and O–H groups in total. The summed E-state index contributed by atoms with van der Waals surface area (Å²) in [6.45, 7) is 0.404. The normalized spacial score (nSPS) is 10.3. The Hall–Kier alpha value is -4.08. The van der Waals surface area contributed by atoms with Crippen LogP contribution in [0.4, 0.5) is 11.6 Å². The van der Waals surface area contributed by atoms with Crippen LogP contribution in [0.2, 0.25) is 5.02 Å². The number of nitrogens with zero attached hydrogens (tertiary/aromatic N) is 2. The van der Waals surface area contributed by atoms with Gasteiger partial charge in [0.15, 0.2) is 0 Å². The number of ether oxygens (including phenoxy) is 1. The summed E-state index contributed by atoms with van der Waals surface area (Å²) in [6, 6.07) is 25.9. The number of halogens is 1. The van der Waals surface area contributed by atoms with Crippen molar-refractivity contribution in [2.24, 2.45) is 0 Å². The second-order valence-electron chi connectivity index (χ2n) is 6.68.